The minimum Gasteiger partial charge on any atom is -0.457 e. The molecule has 7 heteroatoms. The minimum atomic E-state index is -1.82. The van der Waals surface area contributed by atoms with Gasteiger partial charge >= 0.3 is 5.97 Å². The molecule has 0 fully saturated rings. The van der Waals surface area contributed by atoms with Crippen molar-refractivity contribution in [3.05, 3.63) is 36.0 Å². The van der Waals surface area contributed by atoms with E-state index in [9.17, 15) is 9.90 Å². The number of methoxy groups -OCH3 is 1. The lowest BCUT2D eigenvalue weighted by Gasteiger charge is -2.33. The monoisotopic (exact) mass is 539 g/mol. The zero-order valence-electron chi connectivity index (χ0n) is 25.2. The Morgan fingerprint density at radius 1 is 1.37 bits per heavy atom. The summed E-state index contributed by atoms with van der Waals surface area (Å²) in [6, 6.07) is -0.885. The van der Waals surface area contributed by atoms with Crippen molar-refractivity contribution in [2.24, 2.45) is 17.6 Å². The second kappa shape index (κ2) is 15.9. The van der Waals surface area contributed by atoms with Gasteiger partial charge in [-0.15, -0.1) is 0 Å². The number of hydrogen-bond acceptors (Lipinski definition) is 6. The second-order valence-corrected chi connectivity index (χ2v) is 11.6. The number of carbonyl (C=O) groups excluding carboxylic acids is 1. The SMILES string of the molecule is CCC1CCC(C)(O)CC=CC(C)C(C(C)=CC=CC(C)(F)C(N)C(C)OC(C)C(CC)OC)OC(=O)C1. The summed E-state index contributed by atoms with van der Waals surface area (Å²) >= 11 is 0. The van der Waals surface area contributed by atoms with Crippen molar-refractivity contribution in [1.82, 2.24) is 0 Å². The molecular weight excluding hydrogens is 485 g/mol. The molecule has 0 saturated carbocycles. The van der Waals surface area contributed by atoms with E-state index in [0.717, 1.165) is 24.8 Å². The van der Waals surface area contributed by atoms with Gasteiger partial charge in [-0.05, 0) is 77.9 Å². The van der Waals surface area contributed by atoms with E-state index in [0.29, 0.717) is 19.3 Å². The highest BCUT2D eigenvalue weighted by Crippen LogP contribution is 2.28. The highest BCUT2D eigenvalue weighted by molar-refractivity contribution is 5.70. The van der Waals surface area contributed by atoms with E-state index in [4.69, 9.17) is 19.9 Å². The lowest BCUT2D eigenvalue weighted by Crippen LogP contribution is -2.50. The zero-order chi connectivity index (χ0) is 29.1. The van der Waals surface area contributed by atoms with Gasteiger partial charge in [0.25, 0.3) is 0 Å². The smallest absolute Gasteiger partial charge is 0.306 e. The van der Waals surface area contributed by atoms with Gasteiger partial charge in [0.1, 0.15) is 11.8 Å². The van der Waals surface area contributed by atoms with Crippen LogP contribution in [0.25, 0.3) is 0 Å². The Balaban J connectivity index is 3.04. The van der Waals surface area contributed by atoms with Crippen LogP contribution in [0.5, 0.6) is 0 Å². The van der Waals surface area contributed by atoms with Crippen LogP contribution in [0, 0.1) is 11.8 Å². The molecule has 0 spiro atoms. The Hall–Kier alpha value is -1.54. The van der Waals surface area contributed by atoms with Crippen LogP contribution in [-0.2, 0) is 19.0 Å². The van der Waals surface area contributed by atoms with Gasteiger partial charge in [-0.25, -0.2) is 4.39 Å². The summed E-state index contributed by atoms with van der Waals surface area (Å²) < 4.78 is 32.9. The summed E-state index contributed by atoms with van der Waals surface area (Å²) in [5, 5.41) is 10.7. The summed E-state index contributed by atoms with van der Waals surface area (Å²) in [7, 11) is 1.64. The highest BCUT2D eigenvalue weighted by atomic mass is 19.1. The Kier molecular flexibility index (Phi) is 14.4. The summed E-state index contributed by atoms with van der Waals surface area (Å²) in [4.78, 5) is 12.8. The van der Waals surface area contributed by atoms with Gasteiger partial charge in [-0.3, -0.25) is 4.79 Å². The number of carbonyl (C=O) groups is 1. The van der Waals surface area contributed by atoms with Gasteiger partial charge in [0.05, 0.1) is 30.0 Å². The molecule has 6 nitrogen and oxygen atoms in total. The topological polar surface area (TPSA) is 91.0 Å². The maximum atomic E-state index is 15.6. The quantitative estimate of drug-likeness (QED) is 0.184. The fourth-order valence-electron chi connectivity index (χ4n) is 5.00. The van der Waals surface area contributed by atoms with Crippen molar-refractivity contribution >= 4 is 5.97 Å². The van der Waals surface area contributed by atoms with E-state index in [2.05, 4.69) is 6.92 Å². The predicted molar refractivity (Wildman–Crippen MR) is 153 cm³/mol. The number of halogens is 1. The van der Waals surface area contributed by atoms with Gasteiger partial charge in [-0.2, -0.15) is 0 Å². The third kappa shape index (κ3) is 11.3. The van der Waals surface area contributed by atoms with Crippen molar-refractivity contribution in [1.29, 1.82) is 0 Å². The zero-order valence-corrected chi connectivity index (χ0v) is 25.2. The number of hydrogen-bond donors (Lipinski definition) is 2. The number of alkyl halides is 1. The summed E-state index contributed by atoms with van der Waals surface area (Å²) in [6.45, 7) is 14.9. The second-order valence-electron chi connectivity index (χ2n) is 11.6. The van der Waals surface area contributed by atoms with Crippen molar-refractivity contribution in [2.75, 3.05) is 7.11 Å². The molecule has 0 bridgehead atoms. The number of cyclic esters (lactones) is 1. The van der Waals surface area contributed by atoms with Crippen molar-refractivity contribution in [3.8, 4) is 0 Å². The van der Waals surface area contributed by atoms with Crippen LogP contribution < -0.4 is 5.73 Å². The molecule has 0 radical (unpaired) electrons. The largest absolute Gasteiger partial charge is 0.457 e. The number of ether oxygens (including phenoxy) is 3. The molecule has 0 aromatic heterocycles. The van der Waals surface area contributed by atoms with E-state index < -0.39 is 29.5 Å². The lowest BCUT2D eigenvalue weighted by atomic mass is 9.87. The van der Waals surface area contributed by atoms with Gasteiger partial charge in [0.15, 0.2) is 0 Å². The predicted octanol–water partition coefficient (Wildman–Crippen LogP) is 6.22. The molecule has 1 rings (SSSR count). The third-order valence-corrected chi connectivity index (χ3v) is 7.90. The number of allylic oxidation sites excluding steroid dienone is 2. The van der Waals surface area contributed by atoms with E-state index in [1.54, 1.807) is 26.2 Å². The average Bonchev–Trinajstić information content (AvgIpc) is 2.84. The van der Waals surface area contributed by atoms with Crippen LogP contribution in [0.1, 0.15) is 93.9 Å². The molecule has 0 aliphatic carbocycles. The van der Waals surface area contributed by atoms with Crippen molar-refractivity contribution < 1.29 is 28.5 Å². The summed E-state index contributed by atoms with van der Waals surface area (Å²) in [6.07, 6.45) is 11.4. The van der Waals surface area contributed by atoms with Gasteiger partial charge in [-0.1, -0.05) is 51.5 Å². The van der Waals surface area contributed by atoms with Gasteiger partial charge in [0, 0.05) is 19.4 Å². The molecule has 1 aliphatic rings. The molecule has 0 aromatic carbocycles. The first-order valence-corrected chi connectivity index (χ1v) is 14.2. The first-order chi connectivity index (χ1) is 17.7. The Labute approximate surface area is 230 Å². The molecule has 0 aromatic rings. The van der Waals surface area contributed by atoms with E-state index in [1.165, 1.54) is 13.0 Å². The molecule has 38 heavy (non-hydrogen) atoms. The summed E-state index contributed by atoms with van der Waals surface area (Å²) in [5.74, 6) is -0.201. The minimum absolute atomic E-state index is 0.0833. The van der Waals surface area contributed by atoms with E-state index in [-0.39, 0.29) is 30.0 Å². The van der Waals surface area contributed by atoms with Crippen LogP contribution in [0.2, 0.25) is 0 Å². The first kappa shape index (κ1) is 34.5. The van der Waals surface area contributed by atoms with Crippen LogP contribution in [0.15, 0.2) is 36.0 Å². The maximum Gasteiger partial charge on any atom is 0.306 e. The Morgan fingerprint density at radius 2 is 2.03 bits per heavy atom. The molecular formula is C31H54FNO5. The number of nitrogens with two attached hydrogens (primary N) is 1. The lowest BCUT2D eigenvalue weighted by molar-refractivity contribution is -0.150. The third-order valence-electron chi connectivity index (χ3n) is 7.90. The molecule has 0 saturated heterocycles. The van der Waals surface area contributed by atoms with Crippen LogP contribution in [0.4, 0.5) is 4.39 Å². The fourth-order valence-corrected chi connectivity index (χ4v) is 5.00. The molecule has 220 valence electrons. The highest BCUT2D eigenvalue weighted by Gasteiger charge is 2.35. The maximum absolute atomic E-state index is 15.6. The first-order valence-electron chi connectivity index (χ1n) is 14.2. The molecule has 0 amide bonds. The van der Waals surface area contributed by atoms with Crippen molar-refractivity contribution in [3.63, 3.8) is 0 Å². The van der Waals surface area contributed by atoms with Gasteiger partial charge in [0.2, 0.25) is 0 Å². The molecule has 1 heterocycles. The van der Waals surface area contributed by atoms with Gasteiger partial charge < -0.3 is 25.1 Å². The summed E-state index contributed by atoms with van der Waals surface area (Å²) in [5.41, 5.74) is 4.44. The molecule has 3 N–H and O–H groups in total. The molecule has 1 aliphatic heterocycles. The Bertz CT molecular complexity index is 802. The van der Waals surface area contributed by atoms with E-state index in [1.807, 2.05) is 46.8 Å². The fraction of sp³-hybridized carbons (Fsp3) is 0.774. The normalized spacial score (nSPS) is 31.0. The Morgan fingerprint density at radius 3 is 2.61 bits per heavy atom. The average molecular weight is 540 g/mol. The number of esters is 1. The van der Waals surface area contributed by atoms with Crippen LogP contribution >= 0.6 is 0 Å². The van der Waals surface area contributed by atoms with Crippen LogP contribution in [-0.4, -0.2) is 59.9 Å². The van der Waals surface area contributed by atoms with E-state index >= 15 is 4.39 Å². The molecule has 9 unspecified atom stereocenters. The molecule has 9 atom stereocenters. The number of rotatable bonds is 11. The van der Waals surface area contributed by atoms with Crippen molar-refractivity contribution in [2.45, 2.75) is 136 Å². The standard InChI is InChI=1S/C31H54FNO5/c1-10-25-16-19-30(7,35)17-12-14-21(3)28(38-27(34)20-25)22(4)15-13-18-31(8,32)29(33)24(6)37-23(5)26(11-2)36-9/h12-15,18,21,23-26,28-29,35H,10-11,16-17,19-20,33H2,1-9H3. The van der Waals surface area contributed by atoms with Crippen LogP contribution in [0.3, 0.4) is 0 Å². The number of aliphatic hydroxyl groups is 1.